The second-order valence-corrected chi connectivity index (χ2v) is 6.45. The smallest absolute Gasteiger partial charge is 0.320 e. The molecular weight excluding hydrogens is 290 g/mol. The summed E-state index contributed by atoms with van der Waals surface area (Å²) in [5.74, 6) is 0. The lowest BCUT2D eigenvalue weighted by atomic mass is 9.83. The molecule has 0 saturated carbocycles. The lowest BCUT2D eigenvalue weighted by molar-refractivity contribution is 0.122. The van der Waals surface area contributed by atoms with Crippen molar-refractivity contribution in [1.82, 2.24) is 14.7 Å². The molecule has 0 aromatic carbocycles. The van der Waals surface area contributed by atoms with Gasteiger partial charge in [-0.3, -0.25) is 4.68 Å². The van der Waals surface area contributed by atoms with Crippen molar-refractivity contribution in [3.63, 3.8) is 0 Å². The lowest BCUT2D eigenvalue weighted by Gasteiger charge is -2.32. The highest BCUT2D eigenvalue weighted by Gasteiger charge is 2.23. The Morgan fingerprint density at radius 2 is 2.18 bits per heavy atom. The van der Waals surface area contributed by atoms with E-state index in [0.29, 0.717) is 18.8 Å². The number of nitrogens with one attached hydrogen (secondary N) is 1. The second-order valence-electron chi connectivity index (χ2n) is 6.45. The van der Waals surface area contributed by atoms with Gasteiger partial charge in [0.2, 0.25) is 0 Å². The molecule has 0 bridgehead atoms. The molecule has 1 aromatic heterocycles. The Morgan fingerprint density at radius 1 is 1.45 bits per heavy atom. The van der Waals surface area contributed by atoms with Crippen LogP contribution in [-0.4, -0.2) is 40.2 Å². The van der Waals surface area contributed by atoms with E-state index in [0.717, 1.165) is 11.1 Å². The molecule has 0 aliphatic carbocycles. The standard InChI is InChI=1S/C15H22F2N4O/c1-15(2,3)11-4-6-20(7-5-11)14(22)19-12-8-18-21(9-12)10-13(16)17/h4,8-9,13H,5-7,10H2,1-3H3,(H,19,22). The van der Waals surface area contributed by atoms with Crippen LogP contribution in [0.25, 0.3) is 0 Å². The van der Waals surface area contributed by atoms with Crippen molar-refractivity contribution < 1.29 is 13.6 Å². The van der Waals surface area contributed by atoms with Crippen LogP contribution in [0.5, 0.6) is 0 Å². The van der Waals surface area contributed by atoms with Gasteiger partial charge in [0.25, 0.3) is 6.43 Å². The summed E-state index contributed by atoms with van der Waals surface area (Å²) in [6, 6.07) is -0.235. The molecule has 2 heterocycles. The molecular formula is C15H22F2N4O. The summed E-state index contributed by atoms with van der Waals surface area (Å²) in [5, 5.41) is 6.48. The Hall–Kier alpha value is -1.92. The van der Waals surface area contributed by atoms with Gasteiger partial charge in [0.15, 0.2) is 0 Å². The quantitative estimate of drug-likeness (QED) is 0.870. The van der Waals surface area contributed by atoms with Gasteiger partial charge in [-0.25, -0.2) is 13.6 Å². The van der Waals surface area contributed by atoms with Crippen LogP contribution >= 0.6 is 0 Å². The molecule has 1 N–H and O–H groups in total. The molecule has 22 heavy (non-hydrogen) atoms. The summed E-state index contributed by atoms with van der Waals surface area (Å²) in [5.41, 5.74) is 1.90. The number of aromatic nitrogens is 2. The van der Waals surface area contributed by atoms with Crippen LogP contribution in [0.4, 0.5) is 19.3 Å². The topological polar surface area (TPSA) is 50.2 Å². The van der Waals surface area contributed by atoms with Crippen molar-refractivity contribution >= 4 is 11.7 Å². The van der Waals surface area contributed by atoms with Gasteiger partial charge in [0.1, 0.15) is 6.54 Å². The zero-order valence-electron chi connectivity index (χ0n) is 13.1. The first-order valence-corrected chi connectivity index (χ1v) is 7.32. The van der Waals surface area contributed by atoms with Crippen molar-refractivity contribution in [3.8, 4) is 0 Å². The van der Waals surface area contributed by atoms with E-state index in [-0.39, 0.29) is 11.4 Å². The summed E-state index contributed by atoms with van der Waals surface area (Å²) >= 11 is 0. The van der Waals surface area contributed by atoms with E-state index in [1.807, 2.05) is 0 Å². The highest BCUT2D eigenvalue weighted by Crippen LogP contribution is 2.30. The molecule has 2 amide bonds. The number of halogens is 2. The number of carbonyl (C=O) groups is 1. The average Bonchev–Trinajstić information content (AvgIpc) is 2.84. The van der Waals surface area contributed by atoms with Crippen molar-refractivity contribution in [2.75, 3.05) is 18.4 Å². The first-order chi connectivity index (χ1) is 10.3. The number of urea groups is 1. The summed E-state index contributed by atoms with van der Waals surface area (Å²) < 4.78 is 25.6. The molecule has 2 rings (SSSR count). The fraction of sp³-hybridized carbons (Fsp3) is 0.600. The molecule has 1 aliphatic heterocycles. The molecule has 0 radical (unpaired) electrons. The molecule has 0 saturated heterocycles. The molecule has 0 fully saturated rings. The van der Waals surface area contributed by atoms with E-state index >= 15 is 0 Å². The molecule has 5 nitrogen and oxygen atoms in total. The predicted molar refractivity (Wildman–Crippen MR) is 81.0 cm³/mol. The van der Waals surface area contributed by atoms with Crippen LogP contribution in [0.3, 0.4) is 0 Å². The van der Waals surface area contributed by atoms with Crippen molar-refractivity contribution in [1.29, 1.82) is 0 Å². The van der Waals surface area contributed by atoms with Gasteiger partial charge in [-0.1, -0.05) is 32.4 Å². The SMILES string of the molecule is CC(C)(C)C1=CCN(C(=O)Nc2cnn(CC(F)F)c2)CC1. The van der Waals surface area contributed by atoms with Gasteiger partial charge in [-0.15, -0.1) is 0 Å². The largest absolute Gasteiger partial charge is 0.322 e. The van der Waals surface area contributed by atoms with Gasteiger partial charge in [0.05, 0.1) is 11.9 Å². The highest BCUT2D eigenvalue weighted by molar-refractivity contribution is 5.89. The van der Waals surface area contributed by atoms with E-state index in [9.17, 15) is 13.6 Å². The fourth-order valence-electron chi connectivity index (χ4n) is 2.41. The minimum absolute atomic E-state index is 0.124. The van der Waals surface area contributed by atoms with Gasteiger partial charge in [-0.2, -0.15) is 5.10 Å². The van der Waals surface area contributed by atoms with Crippen molar-refractivity contribution in [2.45, 2.75) is 40.2 Å². The fourth-order valence-corrected chi connectivity index (χ4v) is 2.41. The van der Waals surface area contributed by atoms with Crippen molar-refractivity contribution in [3.05, 3.63) is 24.0 Å². The Morgan fingerprint density at radius 3 is 2.73 bits per heavy atom. The molecule has 1 aromatic rings. The molecule has 1 aliphatic rings. The Balaban J connectivity index is 1.91. The molecule has 7 heteroatoms. The Kier molecular flexibility index (Phi) is 4.83. The average molecular weight is 312 g/mol. The number of amides is 2. The summed E-state index contributed by atoms with van der Waals surface area (Å²) in [4.78, 5) is 13.8. The number of hydrogen-bond donors (Lipinski definition) is 1. The maximum absolute atomic E-state index is 12.3. The van der Waals surface area contributed by atoms with Gasteiger partial charge in [0, 0.05) is 19.3 Å². The van der Waals surface area contributed by atoms with Crippen LogP contribution in [0.1, 0.15) is 27.2 Å². The monoisotopic (exact) mass is 312 g/mol. The van der Waals surface area contributed by atoms with E-state index < -0.39 is 13.0 Å². The third-order valence-electron chi connectivity index (χ3n) is 3.67. The first-order valence-electron chi connectivity index (χ1n) is 7.32. The maximum atomic E-state index is 12.3. The number of anilines is 1. The van der Waals surface area contributed by atoms with Crippen molar-refractivity contribution in [2.24, 2.45) is 5.41 Å². The maximum Gasteiger partial charge on any atom is 0.322 e. The number of hydrogen-bond acceptors (Lipinski definition) is 2. The van der Waals surface area contributed by atoms with E-state index in [4.69, 9.17) is 0 Å². The van der Waals surface area contributed by atoms with E-state index in [1.54, 1.807) is 4.90 Å². The van der Waals surface area contributed by atoms with Gasteiger partial charge >= 0.3 is 6.03 Å². The summed E-state index contributed by atoms with van der Waals surface area (Å²) in [7, 11) is 0. The zero-order valence-corrected chi connectivity index (χ0v) is 13.1. The minimum atomic E-state index is -2.47. The highest BCUT2D eigenvalue weighted by atomic mass is 19.3. The minimum Gasteiger partial charge on any atom is -0.320 e. The normalized spacial score (nSPS) is 15.9. The summed E-state index contributed by atoms with van der Waals surface area (Å²) in [6.45, 7) is 7.21. The molecule has 0 unspecified atom stereocenters. The van der Waals surface area contributed by atoms with Gasteiger partial charge < -0.3 is 10.2 Å². The van der Waals surface area contributed by atoms with Crippen LogP contribution in [0.15, 0.2) is 24.0 Å². The Labute approximate surface area is 129 Å². The first kappa shape index (κ1) is 16.5. The van der Waals surface area contributed by atoms with E-state index in [2.05, 4.69) is 37.3 Å². The van der Waals surface area contributed by atoms with Crippen LogP contribution in [0.2, 0.25) is 0 Å². The third-order valence-corrected chi connectivity index (χ3v) is 3.67. The van der Waals surface area contributed by atoms with Crippen LogP contribution in [-0.2, 0) is 6.54 Å². The lowest BCUT2D eigenvalue weighted by Crippen LogP contribution is -2.39. The zero-order chi connectivity index (χ0) is 16.3. The molecule has 0 atom stereocenters. The van der Waals surface area contributed by atoms with Crippen LogP contribution < -0.4 is 5.32 Å². The number of rotatable bonds is 3. The molecule has 0 spiro atoms. The molecule has 122 valence electrons. The number of nitrogens with zero attached hydrogens (tertiary/aromatic N) is 3. The van der Waals surface area contributed by atoms with Gasteiger partial charge in [-0.05, 0) is 11.8 Å². The third kappa shape index (κ3) is 4.29. The van der Waals surface area contributed by atoms with E-state index in [1.165, 1.54) is 18.0 Å². The van der Waals surface area contributed by atoms with Crippen LogP contribution in [0, 0.1) is 5.41 Å². The predicted octanol–water partition coefficient (Wildman–Crippen LogP) is 3.36. The number of carbonyl (C=O) groups excluding carboxylic acids is 1. The Bertz CT molecular complexity index is 560. The summed E-state index contributed by atoms with van der Waals surface area (Å²) in [6.07, 6.45) is 3.25. The second kappa shape index (κ2) is 6.46. The number of alkyl halides is 2.